The van der Waals surface area contributed by atoms with Gasteiger partial charge in [0.25, 0.3) is 0 Å². The Morgan fingerprint density at radius 2 is 1.94 bits per heavy atom. The highest BCUT2D eigenvalue weighted by molar-refractivity contribution is 7.90. The van der Waals surface area contributed by atoms with Crippen molar-refractivity contribution in [2.75, 3.05) is 6.26 Å². The number of hydrogen-bond acceptors (Lipinski definition) is 5. The van der Waals surface area contributed by atoms with Crippen molar-refractivity contribution in [2.45, 2.75) is 17.9 Å². The number of nitrogens with two attached hydrogens (primary N) is 1. The fraction of sp³-hybridized carbons (Fsp3) is 0.300. The van der Waals surface area contributed by atoms with E-state index in [0.717, 1.165) is 6.26 Å². The van der Waals surface area contributed by atoms with Gasteiger partial charge in [-0.1, -0.05) is 5.16 Å². The number of hydrogen-bond donors (Lipinski definition) is 2. The van der Waals surface area contributed by atoms with Crippen LogP contribution in [-0.2, 0) is 9.84 Å². The predicted octanol–water partition coefficient (Wildman–Crippen LogP) is 0.604. The standard InChI is InChI=1S/C10H14N2O4S/c1-7(10(11)12-13)16-8-3-5-9(6-4-8)17(2,14)15/h3-7,13H,1-2H3,(H2,11,12). The van der Waals surface area contributed by atoms with E-state index < -0.39 is 15.9 Å². The Morgan fingerprint density at radius 3 is 2.35 bits per heavy atom. The van der Waals surface area contributed by atoms with Gasteiger partial charge in [-0.15, -0.1) is 0 Å². The van der Waals surface area contributed by atoms with Crippen molar-refractivity contribution < 1.29 is 18.4 Å². The summed E-state index contributed by atoms with van der Waals surface area (Å²) in [7, 11) is -3.21. The number of sulfone groups is 1. The molecule has 0 aliphatic heterocycles. The molecule has 0 aromatic heterocycles. The molecule has 0 amide bonds. The van der Waals surface area contributed by atoms with E-state index in [1.165, 1.54) is 24.3 Å². The Labute approximate surface area is 99.6 Å². The van der Waals surface area contributed by atoms with E-state index in [1.807, 2.05) is 0 Å². The van der Waals surface area contributed by atoms with E-state index in [0.29, 0.717) is 5.75 Å². The van der Waals surface area contributed by atoms with Crippen molar-refractivity contribution in [1.82, 2.24) is 0 Å². The summed E-state index contributed by atoms with van der Waals surface area (Å²) in [5, 5.41) is 11.3. The monoisotopic (exact) mass is 258 g/mol. The third kappa shape index (κ3) is 3.63. The summed E-state index contributed by atoms with van der Waals surface area (Å²) in [5.41, 5.74) is 5.34. The first-order valence-electron chi connectivity index (χ1n) is 4.79. The zero-order chi connectivity index (χ0) is 13.1. The second-order valence-electron chi connectivity index (χ2n) is 3.53. The first-order chi connectivity index (χ1) is 7.84. The molecule has 94 valence electrons. The van der Waals surface area contributed by atoms with E-state index in [1.54, 1.807) is 6.92 Å². The SMILES string of the molecule is CC(Oc1ccc(S(C)(=O)=O)cc1)C(N)=NO. The van der Waals surface area contributed by atoms with Gasteiger partial charge in [0.1, 0.15) is 5.75 Å². The van der Waals surface area contributed by atoms with Crippen LogP contribution in [0.1, 0.15) is 6.92 Å². The summed E-state index contributed by atoms with van der Waals surface area (Å²) in [5.74, 6) is 0.383. The summed E-state index contributed by atoms with van der Waals surface area (Å²) in [6.07, 6.45) is 0.533. The molecule has 0 heterocycles. The molecule has 1 aromatic rings. The summed E-state index contributed by atoms with van der Waals surface area (Å²) >= 11 is 0. The first kappa shape index (κ1) is 13.3. The fourth-order valence-electron chi connectivity index (χ4n) is 1.11. The van der Waals surface area contributed by atoms with E-state index in [-0.39, 0.29) is 10.7 Å². The quantitative estimate of drug-likeness (QED) is 0.356. The molecule has 0 saturated carbocycles. The van der Waals surface area contributed by atoms with Crippen molar-refractivity contribution in [3.05, 3.63) is 24.3 Å². The normalized spacial score (nSPS) is 14.4. The lowest BCUT2D eigenvalue weighted by molar-refractivity contribution is 0.265. The summed E-state index contributed by atoms with van der Waals surface area (Å²) in [6.45, 7) is 1.61. The average molecular weight is 258 g/mol. The van der Waals surface area contributed by atoms with Gasteiger partial charge in [-0.25, -0.2) is 8.42 Å². The second kappa shape index (κ2) is 5.05. The van der Waals surface area contributed by atoms with E-state index >= 15 is 0 Å². The van der Waals surface area contributed by atoms with Gasteiger partial charge < -0.3 is 15.7 Å². The van der Waals surface area contributed by atoms with Crippen molar-refractivity contribution in [1.29, 1.82) is 0 Å². The summed E-state index contributed by atoms with van der Waals surface area (Å²) < 4.78 is 27.7. The molecule has 0 bridgehead atoms. The van der Waals surface area contributed by atoms with Gasteiger partial charge in [-0.3, -0.25) is 0 Å². The van der Waals surface area contributed by atoms with Crippen LogP contribution in [0.25, 0.3) is 0 Å². The molecule has 0 spiro atoms. The van der Waals surface area contributed by atoms with Crippen LogP contribution in [0.4, 0.5) is 0 Å². The molecule has 0 fully saturated rings. The molecule has 0 saturated heterocycles. The van der Waals surface area contributed by atoms with Gasteiger partial charge in [0, 0.05) is 6.26 Å². The molecule has 1 atom stereocenters. The fourth-order valence-corrected chi connectivity index (χ4v) is 1.74. The Kier molecular flexibility index (Phi) is 3.95. The van der Waals surface area contributed by atoms with Crippen molar-refractivity contribution >= 4 is 15.7 Å². The third-order valence-corrected chi connectivity index (χ3v) is 3.23. The Bertz CT molecular complexity index is 508. The van der Waals surface area contributed by atoms with Crippen molar-refractivity contribution in [3.63, 3.8) is 0 Å². The number of oxime groups is 1. The number of nitrogens with zero attached hydrogens (tertiary/aromatic N) is 1. The smallest absolute Gasteiger partial charge is 0.180 e. The average Bonchev–Trinajstić information content (AvgIpc) is 2.27. The van der Waals surface area contributed by atoms with Crippen molar-refractivity contribution in [2.24, 2.45) is 10.9 Å². The molecular weight excluding hydrogens is 244 g/mol. The molecule has 17 heavy (non-hydrogen) atoms. The topological polar surface area (TPSA) is 102 Å². The van der Waals surface area contributed by atoms with Crippen LogP contribution in [0, 0.1) is 0 Å². The lowest BCUT2D eigenvalue weighted by Gasteiger charge is -2.13. The van der Waals surface area contributed by atoms with Crippen molar-refractivity contribution in [3.8, 4) is 5.75 Å². The van der Waals surface area contributed by atoms with Gasteiger partial charge in [0.2, 0.25) is 0 Å². The lowest BCUT2D eigenvalue weighted by atomic mass is 10.3. The van der Waals surface area contributed by atoms with Gasteiger partial charge >= 0.3 is 0 Å². The van der Waals surface area contributed by atoms with Crippen LogP contribution in [0.15, 0.2) is 34.3 Å². The number of benzene rings is 1. The van der Waals surface area contributed by atoms with Gasteiger partial charge in [0.15, 0.2) is 21.8 Å². The molecule has 3 N–H and O–H groups in total. The minimum atomic E-state index is -3.21. The minimum Gasteiger partial charge on any atom is -0.483 e. The maximum atomic E-state index is 11.2. The highest BCUT2D eigenvalue weighted by atomic mass is 32.2. The lowest BCUT2D eigenvalue weighted by Crippen LogP contribution is -2.31. The third-order valence-electron chi connectivity index (χ3n) is 2.10. The van der Waals surface area contributed by atoms with Crippen LogP contribution >= 0.6 is 0 Å². The molecule has 7 heteroatoms. The number of ether oxygens (including phenoxy) is 1. The zero-order valence-corrected chi connectivity index (χ0v) is 10.3. The van der Waals surface area contributed by atoms with Crippen LogP contribution < -0.4 is 10.5 Å². The Balaban J connectivity index is 2.83. The maximum Gasteiger partial charge on any atom is 0.180 e. The Morgan fingerprint density at radius 1 is 1.41 bits per heavy atom. The largest absolute Gasteiger partial charge is 0.483 e. The maximum absolute atomic E-state index is 11.2. The molecule has 1 aromatic carbocycles. The molecule has 0 radical (unpaired) electrons. The molecule has 6 nitrogen and oxygen atoms in total. The molecule has 1 unspecified atom stereocenters. The first-order valence-corrected chi connectivity index (χ1v) is 6.68. The molecule has 0 aliphatic carbocycles. The van der Waals surface area contributed by atoms with Crippen LogP contribution in [0.3, 0.4) is 0 Å². The Hall–Kier alpha value is -1.76. The molecule has 0 aliphatic rings. The molecule has 1 rings (SSSR count). The highest BCUT2D eigenvalue weighted by Gasteiger charge is 2.10. The predicted molar refractivity (Wildman–Crippen MR) is 63.1 cm³/mol. The minimum absolute atomic E-state index is 0.0582. The van der Waals surface area contributed by atoms with Gasteiger partial charge in [-0.2, -0.15) is 0 Å². The summed E-state index contributed by atoms with van der Waals surface area (Å²) in [4.78, 5) is 0.210. The van der Waals surface area contributed by atoms with Crippen LogP contribution in [0.2, 0.25) is 0 Å². The second-order valence-corrected chi connectivity index (χ2v) is 5.54. The van der Waals surface area contributed by atoms with Crippen LogP contribution in [-0.4, -0.2) is 31.8 Å². The van der Waals surface area contributed by atoms with Gasteiger partial charge in [0.05, 0.1) is 4.90 Å². The van der Waals surface area contributed by atoms with E-state index in [2.05, 4.69) is 5.16 Å². The van der Waals surface area contributed by atoms with E-state index in [4.69, 9.17) is 15.7 Å². The number of rotatable bonds is 4. The molecular formula is C10H14N2O4S. The number of amidine groups is 1. The van der Waals surface area contributed by atoms with Crippen LogP contribution in [0.5, 0.6) is 5.75 Å². The zero-order valence-electron chi connectivity index (χ0n) is 9.49. The van der Waals surface area contributed by atoms with Gasteiger partial charge in [-0.05, 0) is 31.2 Å². The summed E-state index contributed by atoms with van der Waals surface area (Å²) in [6, 6.07) is 5.89. The van der Waals surface area contributed by atoms with E-state index in [9.17, 15) is 8.42 Å². The highest BCUT2D eigenvalue weighted by Crippen LogP contribution is 2.16.